The van der Waals surface area contributed by atoms with E-state index in [1.54, 1.807) is 12.1 Å². The van der Waals surface area contributed by atoms with Crippen LogP contribution in [0.5, 0.6) is 0 Å². The van der Waals surface area contributed by atoms with Crippen molar-refractivity contribution in [2.75, 3.05) is 38.2 Å². The van der Waals surface area contributed by atoms with Crippen molar-refractivity contribution in [1.29, 1.82) is 0 Å². The zero-order chi connectivity index (χ0) is 14.4. The summed E-state index contributed by atoms with van der Waals surface area (Å²) < 4.78 is 0. The maximum atomic E-state index is 5.95. The number of hydrogen-bond donors (Lipinski definition) is 4. The SMILES string of the molecule is C[NH+](C)CCCNC(=S)Nc1cc(Cl)c(N)c(Cl)c1. The second-order valence-electron chi connectivity index (χ2n) is 4.55. The van der Waals surface area contributed by atoms with Crippen LogP contribution in [0.4, 0.5) is 11.4 Å². The number of hydrogen-bond acceptors (Lipinski definition) is 2. The third kappa shape index (κ3) is 5.82. The summed E-state index contributed by atoms with van der Waals surface area (Å²) in [6, 6.07) is 3.39. The highest BCUT2D eigenvalue weighted by Gasteiger charge is 2.06. The van der Waals surface area contributed by atoms with Gasteiger partial charge in [0.2, 0.25) is 0 Å². The molecule has 5 N–H and O–H groups in total. The molecule has 4 nitrogen and oxygen atoms in total. The molecule has 0 fully saturated rings. The maximum Gasteiger partial charge on any atom is 0.170 e. The molecule has 0 spiro atoms. The van der Waals surface area contributed by atoms with Gasteiger partial charge >= 0.3 is 0 Å². The van der Waals surface area contributed by atoms with Crippen molar-refractivity contribution in [3.63, 3.8) is 0 Å². The van der Waals surface area contributed by atoms with Gasteiger partial charge in [0, 0.05) is 18.7 Å². The minimum Gasteiger partial charge on any atom is -0.396 e. The lowest BCUT2D eigenvalue weighted by Crippen LogP contribution is -3.05. The van der Waals surface area contributed by atoms with Crippen LogP contribution in [0.2, 0.25) is 10.0 Å². The lowest BCUT2D eigenvalue weighted by molar-refractivity contribution is -0.858. The molecular formula is C12H19Cl2N4S+. The van der Waals surface area contributed by atoms with Crippen LogP contribution >= 0.6 is 35.4 Å². The Morgan fingerprint density at radius 2 is 1.89 bits per heavy atom. The van der Waals surface area contributed by atoms with Crippen LogP contribution < -0.4 is 21.3 Å². The minimum absolute atomic E-state index is 0.377. The molecule has 0 bridgehead atoms. The van der Waals surface area contributed by atoms with E-state index < -0.39 is 0 Å². The van der Waals surface area contributed by atoms with Gasteiger partial charge in [-0.25, -0.2) is 0 Å². The van der Waals surface area contributed by atoms with Crippen molar-refractivity contribution in [1.82, 2.24) is 5.32 Å². The van der Waals surface area contributed by atoms with Gasteiger partial charge in [0.15, 0.2) is 5.11 Å². The van der Waals surface area contributed by atoms with E-state index in [4.69, 9.17) is 41.2 Å². The molecule has 0 unspecified atom stereocenters. The van der Waals surface area contributed by atoms with E-state index in [0.29, 0.717) is 20.8 Å². The van der Waals surface area contributed by atoms with Crippen LogP contribution in [0, 0.1) is 0 Å². The Labute approximate surface area is 129 Å². The van der Waals surface area contributed by atoms with E-state index in [-0.39, 0.29) is 0 Å². The first-order valence-electron chi connectivity index (χ1n) is 5.98. The average molecular weight is 322 g/mol. The average Bonchev–Trinajstić information content (AvgIpc) is 2.31. The lowest BCUT2D eigenvalue weighted by atomic mass is 10.3. The first kappa shape index (κ1) is 16.3. The van der Waals surface area contributed by atoms with Gasteiger partial charge in [-0.2, -0.15) is 0 Å². The maximum absolute atomic E-state index is 5.95. The van der Waals surface area contributed by atoms with Crippen molar-refractivity contribution in [2.45, 2.75) is 6.42 Å². The van der Waals surface area contributed by atoms with E-state index in [9.17, 15) is 0 Å². The Bertz CT molecular complexity index is 428. The van der Waals surface area contributed by atoms with Crippen LogP contribution in [0.3, 0.4) is 0 Å². The normalized spacial score (nSPS) is 10.6. The Balaban J connectivity index is 2.44. The zero-order valence-corrected chi connectivity index (χ0v) is 13.3. The van der Waals surface area contributed by atoms with Crippen molar-refractivity contribution in [3.8, 4) is 0 Å². The van der Waals surface area contributed by atoms with E-state index in [1.807, 2.05) is 0 Å². The fourth-order valence-corrected chi connectivity index (χ4v) is 2.18. The smallest absolute Gasteiger partial charge is 0.170 e. The van der Waals surface area contributed by atoms with Gasteiger partial charge in [-0.1, -0.05) is 23.2 Å². The highest BCUT2D eigenvalue weighted by atomic mass is 35.5. The molecule has 1 aromatic carbocycles. The second kappa shape index (κ2) is 7.75. The predicted molar refractivity (Wildman–Crippen MR) is 87.4 cm³/mol. The van der Waals surface area contributed by atoms with Gasteiger partial charge < -0.3 is 21.3 Å². The molecule has 0 saturated carbocycles. The van der Waals surface area contributed by atoms with Crippen LogP contribution in [-0.2, 0) is 0 Å². The van der Waals surface area contributed by atoms with Gasteiger partial charge in [-0.15, -0.1) is 0 Å². The number of nitrogens with one attached hydrogen (secondary N) is 3. The summed E-state index contributed by atoms with van der Waals surface area (Å²) in [5, 5.41) is 7.53. The molecule has 0 aliphatic rings. The van der Waals surface area contributed by atoms with Crippen LogP contribution in [0.15, 0.2) is 12.1 Å². The third-order valence-electron chi connectivity index (χ3n) is 2.48. The minimum atomic E-state index is 0.377. The first-order chi connectivity index (χ1) is 8.90. The number of benzene rings is 1. The second-order valence-corrected chi connectivity index (χ2v) is 5.77. The van der Waals surface area contributed by atoms with Gasteiger partial charge in [0.25, 0.3) is 0 Å². The van der Waals surface area contributed by atoms with Crippen molar-refractivity contribution < 1.29 is 4.90 Å². The fourth-order valence-electron chi connectivity index (χ4n) is 1.48. The molecule has 0 radical (unpaired) electrons. The molecule has 106 valence electrons. The molecule has 19 heavy (non-hydrogen) atoms. The summed E-state index contributed by atoms with van der Waals surface area (Å²) in [6.45, 7) is 1.92. The summed E-state index contributed by atoms with van der Waals surface area (Å²) in [6.07, 6.45) is 1.05. The van der Waals surface area contributed by atoms with Crippen molar-refractivity contribution in [2.24, 2.45) is 0 Å². The zero-order valence-electron chi connectivity index (χ0n) is 11.0. The monoisotopic (exact) mass is 321 g/mol. The van der Waals surface area contributed by atoms with Crippen molar-refractivity contribution in [3.05, 3.63) is 22.2 Å². The Hall–Kier alpha value is -0.750. The van der Waals surface area contributed by atoms with Gasteiger partial charge in [0.1, 0.15) is 0 Å². The molecule has 1 aromatic rings. The fraction of sp³-hybridized carbons (Fsp3) is 0.417. The number of quaternary nitrogens is 1. The van der Waals surface area contributed by atoms with Gasteiger partial charge in [0.05, 0.1) is 36.4 Å². The molecular weight excluding hydrogens is 303 g/mol. The predicted octanol–water partition coefficient (Wildman–Crippen LogP) is 1.40. The van der Waals surface area contributed by atoms with E-state index >= 15 is 0 Å². The Morgan fingerprint density at radius 1 is 1.32 bits per heavy atom. The number of anilines is 2. The van der Waals surface area contributed by atoms with Crippen LogP contribution in [0.1, 0.15) is 6.42 Å². The van der Waals surface area contributed by atoms with Gasteiger partial charge in [-0.05, 0) is 24.4 Å². The van der Waals surface area contributed by atoms with E-state index in [0.717, 1.165) is 25.2 Å². The molecule has 0 aliphatic heterocycles. The largest absolute Gasteiger partial charge is 0.396 e. The lowest BCUT2D eigenvalue weighted by Gasteiger charge is -2.12. The molecule has 0 amide bonds. The Morgan fingerprint density at radius 3 is 2.42 bits per heavy atom. The number of nitrogens with two attached hydrogens (primary N) is 1. The first-order valence-corrected chi connectivity index (χ1v) is 7.15. The topological polar surface area (TPSA) is 54.5 Å². The number of halogens is 2. The molecule has 0 atom stereocenters. The quantitative estimate of drug-likeness (QED) is 0.376. The number of thiocarbonyl (C=S) groups is 1. The Kier molecular flexibility index (Phi) is 6.65. The number of rotatable bonds is 5. The highest BCUT2D eigenvalue weighted by Crippen LogP contribution is 2.30. The standard InChI is InChI=1S/C12H18Cl2N4S/c1-18(2)5-3-4-16-12(19)17-8-6-9(13)11(15)10(14)7-8/h6-7H,3-5,15H2,1-2H3,(H2,16,17,19)/p+1. The molecule has 7 heteroatoms. The number of nitrogen functional groups attached to an aromatic ring is 1. The highest BCUT2D eigenvalue weighted by molar-refractivity contribution is 7.80. The van der Waals surface area contributed by atoms with Crippen molar-refractivity contribution >= 4 is 51.9 Å². The van der Waals surface area contributed by atoms with Crippen LogP contribution in [-0.4, -0.2) is 32.3 Å². The molecule has 0 aliphatic carbocycles. The summed E-state index contributed by atoms with van der Waals surface area (Å²) in [4.78, 5) is 1.41. The van der Waals surface area contributed by atoms with Gasteiger partial charge in [-0.3, -0.25) is 0 Å². The van der Waals surface area contributed by atoms with E-state index in [2.05, 4.69) is 24.7 Å². The summed E-state index contributed by atoms with van der Waals surface area (Å²) in [7, 11) is 4.24. The summed E-state index contributed by atoms with van der Waals surface area (Å²) in [5.74, 6) is 0. The molecule has 0 heterocycles. The summed E-state index contributed by atoms with van der Waals surface area (Å²) >= 11 is 17.1. The molecule has 0 aromatic heterocycles. The van der Waals surface area contributed by atoms with Crippen LogP contribution in [0.25, 0.3) is 0 Å². The summed E-state index contributed by atoms with van der Waals surface area (Å²) in [5.41, 5.74) is 6.76. The third-order valence-corrected chi connectivity index (χ3v) is 3.35. The van der Waals surface area contributed by atoms with E-state index in [1.165, 1.54) is 4.90 Å². The molecule has 0 saturated heterocycles. The molecule has 1 rings (SSSR count).